The maximum atomic E-state index is 12.2. The summed E-state index contributed by atoms with van der Waals surface area (Å²) < 4.78 is 6.79. The Labute approximate surface area is 180 Å². The second-order valence-electron chi connectivity index (χ2n) is 6.97. The number of carbonyl (C=O) groups is 1. The molecular formula is C24H25BrN2O2. The zero-order valence-electron chi connectivity index (χ0n) is 16.6. The lowest BCUT2D eigenvalue weighted by Crippen LogP contribution is -2.22. The maximum Gasteiger partial charge on any atom is 0.262 e. The smallest absolute Gasteiger partial charge is 0.262 e. The van der Waals surface area contributed by atoms with Crippen molar-refractivity contribution in [2.75, 3.05) is 11.9 Å². The Balaban J connectivity index is 1.59. The fourth-order valence-corrected chi connectivity index (χ4v) is 3.34. The van der Waals surface area contributed by atoms with Crippen LogP contribution < -0.4 is 15.4 Å². The molecule has 0 bridgehead atoms. The van der Waals surface area contributed by atoms with E-state index in [0.29, 0.717) is 12.3 Å². The Bertz CT molecular complexity index is 943. The van der Waals surface area contributed by atoms with Crippen molar-refractivity contribution in [2.24, 2.45) is 0 Å². The van der Waals surface area contributed by atoms with Crippen LogP contribution >= 0.6 is 15.9 Å². The van der Waals surface area contributed by atoms with Crippen LogP contribution in [0, 0.1) is 6.92 Å². The Morgan fingerprint density at radius 2 is 1.76 bits per heavy atom. The van der Waals surface area contributed by atoms with E-state index < -0.39 is 0 Å². The van der Waals surface area contributed by atoms with E-state index in [0.717, 1.165) is 21.3 Å². The number of rotatable bonds is 8. The van der Waals surface area contributed by atoms with Gasteiger partial charge in [0.2, 0.25) is 0 Å². The van der Waals surface area contributed by atoms with Crippen molar-refractivity contribution in [1.29, 1.82) is 0 Å². The van der Waals surface area contributed by atoms with Crippen LogP contribution in [0.25, 0.3) is 0 Å². The molecule has 0 radical (unpaired) electrons. The van der Waals surface area contributed by atoms with Crippen LogP contribution in [-0.2, 0) is 11.3 Å². The zero-order chi connectivity index (χ0) is 20.6. The van der Waals surface area contributed by atoms with E-state index >= 15 is 0 Å². The number of ether oxygens (including phenoxy) is 1. The molecule has 0 heterocycles. The number of amides is 1. The van der Waals surface area contributed by atoms with E-state index in [1.807, 2.05) is 67.6 Å². The van der Waals surface area contributed by atoms with Crippen LogP contribution in [0.1, 0.15) is 29.7 Å². The molecule has 0 aromatic heterocycles. The third kappa shape index (κ3) is 6.44. The lowest BCUT2D eigenvalue weighted by Gasteiger charge is -2.17. The molecule has 5 heteroatoms. The van der Waals surface area contributed by atoms with Gasteiger partial charge in [0.15, 0.2) is 6.61 Å². The predicted octanol–water partition coefficient (Wildman–Crippen LogP) is 5.63. The van der Waals surface area contributed by atoms with E-state index in [4.69, 9.17) is 4.74 Å². The number of nitrogens with one attached hydrogen (secondary N) is 2. The molecule has 29 heavy (non-hydrogen) atoms. The van der Waals surface area contributed by atoms with E-state index in [1.165, 1.54) is 5.56 Å². The fraction of sp³-hybridized carbons (Fsp3) is 0.208. The van der Waals surface area contributed by atoms with Crippen LogP contribution in [-0.4, -0.2) is 12.5 Å². The van der Waals surface area contributed by atoms with Gasteiger partial charge in [0.25, 0.3) is 5.91 Å². The van der Waals surface area contributed by atoms with Crippen molar-refractivity contribution in [3.63, 3.8) is 0 Å². The molecule has 1 atom stereocenters. The monoisotopic (exact) mass is 452 g/mol. The Morgan fingerprint density at radius 1 is 1.03 bits per heavy atom. The van der Waals surface area contributed by atoms with Gasteiger partial charge in [0.05, 0.1) is 0 Å². The zero-order valence-corrected chi connectivity index (χ0v) is 18.2. The minimum absolute atomic E-state index is 0.0449. The van der Waals surface area contributed by atoms with Gasteiger partial charge in [-0.1, -0.05) is 64.0 Å². The molecule has 3 rings (SSSR count). The van der Waals surface area contributed by atoms with Crippen LogP contribution in [0.2, 0.25) is 0 Å². The molecule has 3 aromatic rings. The SMILES string of the molecule is Cc1ccc(NC(=O)COc2ccc(Br)cc2CNC(C)c2ccccc2)cc1. The number of benzene rings is 3. The van der Waals surface area contributed by atoms with Crippen LogP contribution in [0.5, 0.6) is 5.75 Å². The third-order valence-electron chi connectivity index (χ3n) is 4.61. The molecule has 0 aliphatic rings. The van der Waals surface area contributed by atoms with Gasteiger partial charge < -0.3 is 15.4 Å². The molecule has 0 fully saturated rings. The largest absolute Gasteiger partial charge is 0.483 e. The van der Waals surface area contributed by atoms with Crippen molar-refractivity contribution in [3.8, 4) is 5.75 Å². The molecule has 0 aliphatic heterocycles. The summed E-state index contributed by atoms with van der Waals surface area (Å²) in [4.78, 5) is 12.2. The number of anilines is 1. The number of hydrogen-bond acceptors (Lipinski definition) is 3. The first-order valence-electron chi connectivity index (χ1n) is 9.57. The molecule has 0 spiro atoms. The highest BCUT2D eigenvalue weighted by Crippen LogP contribution is 2.24. The highest BCUT2D eigenvalue weighted by molar-refractivity contribution is 9.10. The van der Waals surface area contributed by atoms with Crippen molar-refractivity contribution in [1.82, 2.24) is 5.32 Å². The summed E-state index contributed by atoms with van der Waals surface area (Å²) in [6, 6.07) is 24.0. The van der Waals surface area contributed by atoms with Gasteiger partial charge in [0, 0.05) is 28.3 Å². The van der Waals surface area contributed by atoms with E-state index in [1.54, 1.807) is 0 Å². The lowest BCUT2D eigenvalue weighted by atomic mass is 10.1. The topological polar surface area (TPSA) is 50.4 Å². The van der Waals surface area contributed by atoms with Crippen molar-refractivity contribution >= 4 is 27.5 Å². The molecular weight excluding hydrogens is 428 g/mol. The maximum absolute atomic E-state index is 12.2. The number of hydrogen-bond donors (Lipinski definition) is 2. The number of halogens is 1. The first kappa shape index (κ1) is 21.1. The molecule has 1 amide bonds. The van der Waals surface area contributed by atoms with Crippen molar-refractivity contribution in [3.05, 3.63) is 94.0 Å². The average molecular weight is 453 g/mol. The van der Waals surface area contributed by atoms with Gasteiger partial charge in [-0.2, -0.15) is 0 Å². The van der Waals surface area contributed by atoms with Gasteiger partial charge in [0.1, 0.15) is 5.75 Å². The molecule has 1 unspecified atom stereocenters. The highest BCUT2D eigenvalue weighted by atomic mass is 79.9. The van der Waals surface area contributed by atoms with E-state index in [9.17, 15) is 4.79 Å². The summed E-state index contributed by atoms with van der Waals surface area (Å²) in [5, 5.41) is 6.37. The Hall–Kier alpha value is -2.63. The van der Waals surface area contributed by atoms with E-state index in [-0.39, 0.29) is 18.6 Å². The molecule has 0 saturated carbocycles. The Kier molecular flexibility index (Phi) is 7.44. The second kappa shape index (κ2) is 10.2. The van der Waals surface area contributed by atoms with Gasteiger partial charge in [-0.3, -0.25) is 4.79 Å². The molecule has 4 nitrogen and oxygen atoms in total. The van der Waals surface area contributed by atoms with Crippen molar-refractivity contribution in [2.45, 2.75) is 26.4 Å². The number of carbonyl (C=O) groups excluding carboxylic acids is 1. The molecule has 3 aromatic carbocycles. The normalized spacial score (nSPS) is 11.7. The quantitative estimate of drug-likeness (QED) is 0.465. The minimum atomic E-state index is -0.187. The molecule has 2 N–H and O–H groups in total. The van der Waals surface area contributed by atoms with Gasteiger partial charge in [-0.25, -0.2) is 0 Å². The third-order valence-corrected chi connectivity index (χ3v) is 5.11. The predicted molar refractivity (Wildman–Crippen MR) is 121 cm³/mol. The molecule has 0 saturated heterocycles. The number of aryl methyl sites for hydroxylation is 1. The van der Waals surface area contributed by atoms with Gasteiger partial charge in [-0.05, 0) is 49.7 Å². The van der Waals surface area contributed by atoms with Crippen LogP contribution in [0.3, 0.4) is 0 Å². The second-order valence-corrected chi connectivity index (χ2v) is 7.88. The fourth-order valence-electron chi connectivity index (χ4n) is 2.93. The Morgan fingerprint density at radius 3 is 2.48 bits per heavy atom. The molecule has 150 valence electrons. The summed E-state index contributed by atoms with van der Waals surface area (Å²) >= 11 is 3.52. The van der Waals surface area contributed by atoms with Crippen LogP contribution in [0.15, 0.2) is 77.3 Å². The summed E-state index contributed by atoms with van der Waals surface area (Å²) in [6.07, 6.45) is 0. The minimum Gasteiger partial charge on any atom is -0.483 e. The summed E-state index contributed by atoms with van der Waals surface area (Å²) in [5.41, 5.74) is 4.13. The first-order chi connectivity index (χ1) is 14.0. The van der Waals surface area contributed by atoms with Crippen molar-refractivity contribution < 1.29 is 9.53 Å². The summed E-state index contributed by atoms with van der Waals surface area (Å²) in [7, 11) is 0. The van der Waals surface area contributed by atoms with Gasteiger partial charge in [-0.15, -0.1) is 0 Å². The van der Waals surface area contributed by atoms with Crippen LogP contribution in [0.4, 0.5) is 5.69 Å². The first-order valence-corrected chi connectivity index (χ1v) is 10.4. The average Bonchev–Trinajstić information content (AvgIpc) is 2.73. The molecule has 0 aliphatic carbocycles. The van der Waals surface area contributed by atoms with E-state index in [2.05, 4.69) is 45.6 Å². The summed E-state index contributed by atoms with van der Waals surface area (Å²) in [5.74, 6) is 0.508. The standard InChI is InChI=1S/C24H25BrN2O2/c1-17-8-11-22(12-9-17)27-24(28)16-29-23-13-10-21(25)14-20(23)15-26-18(2)19-6-4-3-5-7-19/h3-14,18,26H,15-16H2,1-2H3,(H,27,28). The highest BCUT2D eigenvalue weighted by Gasteiger charge is 2.10. The summed E-state index contributed by atoms with van der Waals surface area (Å²) in [6.45, 7) is 4.72. The van der Waals surface area contributed by atoms with Gasteiger partial charge >= 0.3 is 0 Å². The lowest BCUT2D eigenvalue weighted by molar-refractivity contribution is -0.118.